The van der Waals surface area contributed by atoms with Crippen LogP contribution < -0.4 is 5.32 Å². The number of halogens is 1. The van der Waals surface area contributed by atoms with Gasteiger partial charge in [0.15, 0.2) is 5.76 Å². The first-order valence-electron chi connectivity index (χ1n) is 6.46. The van der Waals surface area contributed by atoms with E-state index in [-0.39, 0.29) is 10.7 Å². The number of hydrogen-bond acceptors (Lipinski definition) is 3. The third kappa shape index (κ3) is 3.39. The molecule has 0 fully saturated rings. The van der Waals surface area contributed by atoms with Crippen molar-refractivity contribution in [3.05, 3.63) is 47.2 Å². The Bertz CT molecular complexity index is 709. The molecule has 0 aliphatic carbocycles. The van der Waals surface area contributed by atoms with Gasteiger partial charge in [-0.05, 0) is 36.8 Å². The van der Waals surface area contributed by atoms with Crippen molar-refractivity contribution in [1.82, 2.24) is 0 Å². The molecular weight excluding hydrogens is 293 g/mol. The van der Waals surface area contributed by atoms with Gasteiger partial charge in [0.05, 0.1) is 15.7 Å². The van der Waals surface area contributed by atoms with E-state index in [9.17, 15) is 13.4 Å². The van der Waals surface area contributed by atoms with E-state index in [0.29, 0.717) is 12.1 Å². The summed E-state index contributed by atoms with van der Waals surface area (Å²) in [6, 6.07) is 5.70. The van der Waals surface area contributed by atoms with Gasteiger partial charge in [-0.2, -0.15) is 0 Å². The molecule has 0 saturated heterocycles. The van der Waals surface area contributed by atoms with Crippen LogP contribution in [-0.4, -0.2) is 16.4 Å². The lowest BCUT2D eigenvalue weighted by Gasteiger charge is -2.05. The number of carbonyl (C=O) groups excluding carboxylic acids is 1. The lowest BCUT2D eigenvalue weighted by atomic mass is 10.2. The molecular formula is C15H16FNO3S. The van der Waals surface area contributed by atoms with Crippen LogP contribution in [0, 0.1) is 12.7 Å². The summed E-state index contributed by atoms with van der Waals surface area (Å²) >= 11 is 0. The normalized spacial score (nSPS) is 12.2. The Morgan fingerprint density at radius 2 is 2.10 bits per heavy atom. The summed E-state index contributed by atoms with van der Waals surface area (Å²) in [5.41, 5.74) is 1.20. The minimum absolute atomic E-state index is 0.107. The van der Waals surface area contributed by atoms with Crippen LogP contribution in [-0.2, 0) is 17.2 Å². The van der Waals surface area contributed by atoms with Crippen molar-refractivity contribution in [2.45, 2.75) is 25.2 Å². The minimum atomic E-state index is -1.40. The third-order valence-electron chi connectivity index (χ3n) is 3.06. The van der Waals surface area contributed by atoms with Gasteiger partial charge in [-0.15, -0.1) is 0 Å². The van der Waals surface area contributed by atoms with Crippen LogP contribution in [0.3, 0.4) is 0 Å². The topological polar surface area (TPSA) is 59.3 Å². The van der Waals surface area contributed by atoms with Crippen LogP contribution >= 0.6 is 0 Å². The number of benzene rings is 1. The molecule has 0 aliphatic rings. The molecule has 0 radical (unpaired) electrons. The molecule has 4 nitrogen and oxygen atoms in total. The number of aryl methyl sites for hydroxylation is 2. The number of furan rings is 1. The average Bonchev–Trinajstić information content (AvgIpc) is 2.79. The van der Waals surface area contributed by atoms with E-state index < -0.39 is 22.5 Å². The van der Waals surface area contributed by atoms with E-state index in [1.54, 1.807) is 6.07 Å². The molecule has 2 rings (SSSR count). The van der Waals surface area contributed by atoms with Crippen molar-refractivity contribution in [1.29, 1.82) is 0 Å². The molecule has 21 heavy (non-hydrogen) atoms. The monoisotopic (exact) mass is 309 g/mol. The molecule has 1 N–H and O–H groups in total. The molecule has 1 heterocycles. The van der Waals surface area contributed by atoms with E-state index in [4.69, 9.17) is 4.42 Å². The van der Waals surface area contributed by atoms with Gasteiger partial charge in [0.1, 0.15) is 11.6 Å². The van der Waals surface area contributed by atoms with Crippen LogP contribution in [0.1, 0.15) is 28.8 Å². The Morgan fingerprint density at radius 1 is 1.38 bits per heavy atom. The van der Waals surface area contributed by atoms with Gasteiger partial charge in [-0.25, -0.2) is 4.39 Å². The first kappa shape index (κ1) is 15.4. The van der Waals surface area contributed by atoms with E-state index >= 15 is 0 Å². The highest BCUT2D eigenvalue weighted by Crippen LogP contribution is 2.20. The molecule has 6 heteroatoms. The number of rotatable bonds is 4. The molecule has 1 aromatic heterocycles. The zero-order chi connectivity index (χ0) is 15.6. The minimum Gasteiger partial charge on any atom is -0.456 e. The summed E-state index contributed by atoms with van der Waals surface area (Å²) in [5.74, 6) is -0.114. The Morgan fingerprint density at radius 3 is 2.62 bits per heavy atom. The highest BCUT2D eigenvalue weighted by atomic mass is 32.2. The predicted octanol–water partition coefficient (Wildman–Crippen LogP) is 3.28. The quantitative estimate of drug-likeness (QED) is 0.943. The zero-order valence-electron chi connectivity index (χ0n) is 12.0. The second kappa shape index (κ2) is 6.22. The van der Waals surface area contributed by atoms with Crippen LogP contribution in [0.15, 0.2) is 33.6 Å². The number of anilines is 1. The molecule has 0 saturated carbocycles. The fraction of sp³-hybridized carbons (Fsp3) is 0.267. The van der Waals surface area contributed by atoms with Crippen LogP contribution in [0.2, 0.25) is 0 Å². The molecule has 1 atom stereocenters. The first-order valence-corrected chi connectivity index (χ1v) is 8.01. The molecule has 0 spiro atoms. The molecule has 0 bridgehead atoms. The van der Waals surface area contributed by atoms with Crippen molar-refractivity contribution in [2.75, 3.05) is 11.6 Å². The molecule has 0 aliphatic heterocycles. The molecule has 2 aromatic rings. The third-order valence-corrected chi connectivity index (χ3v) is 4.02. The van der Waals surface area contributed by atoms with E-state index in [1.807, 2.05) is 13.8 Å². The molecule has 1 amide bonds. The Balaban J connectivity index is 2.19. The lowest BCUT2D eigenvalue weighted by molar-refractivity contribution is 0.0995. The van der Waals surface area contributed by atoms with E-state index in [1.165, 1.54) is 18.4 Å². The van der Waals surface area contributed by atoms with Gasteiger partial charge in [0.25, 0.3) is 5.91 Å². The summed E-state index contributed by atoms with van der Waals surface area (Å²) < 4.78 is 30.4. The van der Waals surface area contributed by atoms with Gasteiger partial charge < -0.3 is 9.73 Å². The Labute approximate surface area is 124 Å². The number of nitrogens with one attached hydrogen (secondary N) is 1. The van der Waals surface area contributed by atoms with Crippen LogP contribution in [0.4, 0.5) is 10.1 Å². The van der Waals surface area contributed by atoms with Crippen molar-refractivity contribution in [3.8, 4) is 0 Å². The maximum absolute atomic E-state index is 13.7. The highest BCUT2D eigenvalue weighted by molar-refractivity contribution is 7.84. The van der Waals surface area contributed by atoms with E-state index in [2.05, 4.69) is 5.32 Å². The van der Waals surface area contributed by atoms with Crippen molar-refractivity contribution < 1.29 is 17.8 Å². The Kier molecular flexibility index (Phi) is 4.57. The summed E-state index contributed by atoms with van der Waals surface area (Å²) in [5, 5.41) is 2.56. The fourth-order valence-corrected chi connectivity index (χ4v) is 2.58. The van der Waals surface area contributed by atoms with Crippen molar-refractivity contribution >= 4 is 22.4 Å². The van der Waals surface area contributed by atoms with Gasteiger partial charge in [-0.3, -0.25) is 9.00 Å². The van der Waals surface area contributed by atoms with Gasteiger partial charge in [0, 0.05) is 18.4 Å². The molecule has 0 unspecified atom stereocenters. The lowest BCUT2D eigenvalue weighted by Crippen LogP contribution is -2.11. The maximum Gasteiger partial charge on any atom is 0.291 e. The number of carbonyl (C=O) groups is 1. The standard InChI is InChI=1S/C15H16FNO3S/c1-4-12-9(2)7-13(20-12)15(18)17-10-5-6-14(21(3)19)11(16)8-10/h5-8H,4H2,1-3H3,(H,17,18)/t21-/m0/s1. The summed E-state index contributed by atoms with van der Waals surface area (Å²) in [6.07, 6.45) is 2.10. The number of amides is 1. The van der Waals surface area contributed by atoms with Crippen LogP contribution in [0.25, 0.3) is 0 Å². The van der Waals surface area contributed by atoms with Gasteiger partial charge in [0.2, 0.25) is 0 Å². The van der Waals surface area contributed by atoms with Gasteiger partial charge in [-0.1, -0.05) is 6.92 Å². The average molecular weight is 309 g/mol. The maximum atomic E-state index is 13.7. The summed E-state index contributed by atoms with van der Waals surface area (Å²) in [4.78, 5) is 12.1. The van der Waals surface area contributed by atoms with Crippen molar-refractivity contribution in [2.24, 2.45) is 0 Å². The van der Waals surface area contributed by atoms with Crippen molar-refractivity contribution in [3.63, 3.8) is 0 Å². The zero-order valence-corrected chi connectivity index (χ0v) is 12.8. The summed E-state index contributed by atoms with van der Waals surface area (Å²) in [7, 11) is -1.40. The SMILES string of the molecule is CCc1oc(C(=O)Nc2ccc([S@](C)=O)c(F)c2)cc1C. The highest BCUT2D eigenvalue weighted by Gasteiger charge is 2.15. The van der Waals surface area contributed by atoms with Gasteiger partial charge >= 0.3 is 0 Å². The summed E-state index contributed by atoms with van der Waals surface area (Å²) in [6.45, 7) is 3.80. The second-order valence-corrected chi connectivity index (χ2v) is 5.97. The smallest absolute Gasteiger partial charge is 0.291 e. The van der Waals surface area contributed by atoms with E-state index in [0.717, 1.165) is 17.4 Å². The van der Waals surface area contributed by atoms with Crippen LogP contribution in [0.5, 0.6) is 0 Å². The first-order chi connectivity index (χ1) is 9.92. The second-order valence-electron chi connectivity index (χ2n) is 4.62. The predicted molar refractivity (Wildman–Crippen MR) is 79.5 cm³/mol. The largest absolute Gasteiger partial charge is 0.456 e. The fourth-order valence-electron chi connectivity index (χ4n) is 1.99. The Hall–Kier alpha value is -1.95. The molecule has 112 valence electrons. The molecule has 1 aromatic carbocycles. The number of hydrogen-bond donors (Lipinski definition) is 1.